The van der Waals surface area contributed by atoms with Crippen LogP contribution in [0.25, 0.3) is 0 Å². The van der Waals surface area contributed by atoms with Gasteiger partial charge in [0.05, 0.1) is 11.7 Å². The number of rotatable bonds is 12. The first-order valence-corrected chi connectivity index (χ1v) is 13.1. The lowest BCUT2D eigenvalue weighted by molar-refractivity contribution is -0.274. The molecule has 3 rings (SSSR count). The lowest BCUT2D eigenvalue weighted by Gasteiger charge is -2.29. The van der Waals surface area contributed by atoms with Gasteiger partial charge in [-0.15, -0.1) is 13.2 Å². The standard InChI is InChI=1S/C29H37F5O2/c1-3-4-5-6-7-8-22-9-11-24(12-10-22)25-13-17-26(18-14-25)28(30,31)35-21(2)23-15-19-27(20-16-23)36-29(32,33)34/h13-22,24H,3-12H2,1-2H3. The summed E-state index contributed by atoms with van der Waals surface area (Å²) in [5.41, 5.74) is 1.17. The van der Waals surface area contributed by atoms with Crippen molar-refractivity contribution in [2.75, 3.05) is 0 Å². The van der Waals surface area contributed by atoms with Crippen molar-refractivity contribution >= 4 is 0 Å². The van der Waals surface area contributed by atoms with Crippen molar-refractivity contribution in [3.63, 3.8) is 0 Å². The maximum atomic E-state index is 14.8. The van der Waals surface area contributed by atoms with E-state index in [-0.39, 0.29) is 5.56 Å². The Labute approximate surface area is 211 Å². The Kier molecular flexibility index (Phi) is 10.2. The molecule has 2 nitrogen and oxygen atoms in total. The van der Waals surface area contributed by atoms with Crippen LogP contribution in [-0.2, 0) is 10.8 Å². The van der Waals surface area contributed by atoms with Crippen molar-refractivity contribution in [2.24, 2.45) is 5.92 Å². The highest BCUT2D eigenvalue weighted by molar-refractivity contribution is 5.30. The molecule has 0 spiro atoms. The third-order valence-electron chi connectivity index (χ3n) is 7.19. The smallest absolute Gasteiger partial charge is 0.406 e. The predicted molar refractivity (Wildman–Crippen MR) is 131 cm³/mol. The van der Waals surface area contributed by atoms with Crippen LogP contribution in [0.4, 0.5) is 22.0 Å². The van der Waals surface area contributed by atoms with E-state index in [4.69, 9.17) is 4.74 Å². The molecule has 0 amide bonds. The highest BCUT2D eigenvalue weighted by atomic mass is 19.4. The van der Waals surface area contributed by atoms with Crippen LogP contribution >= 0.6 is 0 Å². The van der Waals surface area contributed by atoms with E-state index in [1.54, 1.807) is 12.1 Å². The maximum Gasteiger partial charge on any atom is 0.573 e. The first-order chi connectivity index (χ1) is 17.1. The van der Waals surface area contributed by atoms with Gasteiger partial charge in [-0.3, -0.25) is 0 Å². The lowest BCUT2D eigenvalue weighted by atomic mass is 9.77. The number of benzene rings is 2. The van der Waals surface area contributed by atoms with Crippen LogP contribution in [0.5, 0.6) is 5.75 Å². The summed E-state index contributed by atoms with van der Waals surface area (Å²) >= 11 is 0. The molecular formula is C29H37F5O2. The van der Waals surface area contributed by atoms with E-state index in [1.807, 2.05) is 0 Å². The first kappa shape index (κ1) is 28.4. The van der Waals surface area contributed by atoms with E-state index in [1.165, 1.54) is 82.6 Å². The van der Waals surface area contributed by atoms with E-state index in [9.17, 15) is 22.0 Å². The Bertz CT molecular complexity index is 901. The number of halogens is 5. The monoisotopic (exact) mass is 512 g/mol. The summed E-state index contributed by atoms with van der Waals surface area (Å²) in [7, 11) is 0. The fraction of sp³-hybridized carbons (Fsp3) is 0.586. The number of alkyl halides is 5. The second kappa shape index (κ2) is 12.9. The Morgan fingerprint density at radius 2 is 1.42 bits per heavy atom. The van der Waals surface area contributed by atoms with Gasteiger partial charge in [0.1, 0.15) is 5.75 Å². The molecule has 1 saturated carbocycles. The van der Waals surface area contributed by atoms with Gasteiger partial charge in [-0.25, -0.2) is 0 Å². The summed E-state index contributed by atoms with van der Waals surface area (Å²) in [6.45, 7) is 3.66. The molecule has 2 aromatic carbocycles. The Balaban J connectivity index is 1.50. The molecule has 0 heterocycles. The van der Waals surface area contributed by atoms with E-state index < -0.39 is 24.3 Å². The zero-order chi connectivity index (χ0) is 26.2. The van der Waals surface area contributed by atoms with Crippen LogP contribution in [0, 0.1) is 5.92 Å². The molecule has 1 atom stereocenters. The van der Waals surface area contributed by atoms with Gasteiger partial charge >= 0.3 is 12.5 Å². The normalized spacial score (nSPS) is 19.8. The number of ether oxygens (including phenoxy) is 2. The molecule has 0 radical (unpaired) electrons. The zero-order valence-corrected chi connectivity index (χ0v) is 21.1. The molecule has 7 heteroatoms. The van der Waals surface area contributed by atoms with Crippen molar-refractivity contribution < 1.29 is 31.4 Å². The van der Waals surface area contributed by atoms with Gasteiger partial charge in [0.15, 0.2) is 0 Å². The topological polar surface area (TPSA) is 18.5 Å². The predicted octanol–water partition coefficient (Wildman–Crippen LogP) is 10.0. The van der Waals surface area contributed by atoms with Crippen LogP contribution in [-0.4, -0.2) is 6.36 Å². The van der Waals surface area contributed by atoms with E-state index in [2.05, 4.69) is 11.7 Å². The number of hydrogen-bond donors (Lipinski definition) is 0. The highest BCUT2D eigenvalue weighted by Gasteiger charge is 2.36. The van der Waals surface area contributed by atoms with Crippen LogP contribution < -0.4 is 4.74 Å². The van der Waals surface area contributed by atoms with Gasteiger partial charge in [0.2, 0.25) is 0 Å². The lowest BCUT2D eigenvalue weighted by Crippen LogP contribution is -2.21. The molecule has 1 unspecified atom stereocenters. The third kappa shape index (κ3) is 8.75. The Hall–Kier alpha value is -2.15. The van der Waals surface area contributed by atoms with Gasteiger partial charge in [-0.05, 0) is 67.7 Å². The summed E-state index contributed by atoms with van der Waals surface area (Å²) in [5.74, 6) is 0.776. The fourth-order valence-corrected chi connectivity index (χ4v) is 5.07. The summed E-state index contributed by atoms with van der Waals surface area (Å²) in [5, 5.41) is 0. The zero-order valence-electron chi connectivity index (χ0n) is 21.1. The summed E-state index contributed by atoms with van der Waals surface area (Å²) in [6, 6.07) is 11.1. The average Bonchev–Trinajstić information content (AvgIpc) is 2.83. The van der Waals surface area contributed by atoms with Gasteiger partial charge in [0, 0.05) is 0 Å². The van der Waals surface area contributed by atoms with Crippen molar-refractivity contribution in [1.29, 1.82) is 0 Å². The van der Waals surface area contributed by atoms with Crippen LogP contribution in [0.3, 0.4) is 0 Å². The minimum atomic E-state index is -4.81. The van der Waals surface area contributed by atoms with Crippen molar-refractivity contribution in [2.45, 2.75) is 103 Å². The van der Waals surface area contributed by atoms with Crippen molar-refractivity contribution in [1.82, 2.24) is 0 Å². The molecule has 0 bridgehead atoms. The van der Waals surface area contributed by atoms with Crippen LogP contribution in [0.2, 0.25) is 0 Å². The Morgan fingerprint density at radius 1 is 0.806 bits per heavy atom. The fourth-order valence-electron chi connectivity index (χ4n) is 5.07. The second-order valence-corrected chi connectivity index (χ2v) is 9.94. The molecular weight excluding hydrogens is 475 g/mol. The minimum Gasteiger partial charge on any atom is -0.406 e. The third-order valence-corrected chi connectivity index (χ3v) is 7.19. The molecule has 1 aliphatic rings. The van der Waals surface area contributed by atoms with E-state index in [0.717, 1.165) is 36.5 Å². The van der Waals surface area contributed by atoms with E-state index >= 15 is 0 Å². The molecule has 0 N–H and O–H groups in total. The number of unbranched alkanes of at least 4 members (excludes halogenated alkanes) is 4. The minimum absolute atomic E-state index is 0.240. The highest BCUT2D eigenvalue weighted by Crippen LogP contribution is 2.40. The SMILES string of the molecule is CCCCCCCC1CCC(c2ccc(C(F)(F)OC(C)c3ccc(OC(F)(F)F)cc3)cc2)CC1. The Morgan fingerprint density at radius 3 is 2.00 bits per heavy atom. The molecule has 200 valence electrons. The first-order valence-electron chi connectivity index (χ1n) is 13.1. The van der Waals surface area contributed by atoms with Gasteiger partial charge in [0.25, 0.3) is 0 Å². The second-order valence-electron chi connectivity index (χ2n) is 9.94. The molecule has 0 aliphatic heterocycles. The van der Waals surface area contributed by atoms with Gasteiger partial charge in [-0.1, -0.05) is 81.8 Å². The summed E-state index contributed by atoms with van der Waals surface area (Å²) in [4.78, 5) is 0. The van der Waals surface area contributed by atoms with Gasteiger partial charge < -0.3 is 9.47 Å². The van der Waals surface area contributed by atoms with Crippen LogP contribution in [0.1, 0.15) is 107 Å². The van der Waals surface area contributed by atoms with Crippen molar-refractivity contribution in [3.8, 4) is 5.75 Å². The molecule has 1 fully saturated rings. The van der Waals surface area contributed by atoms with Crippen molar-refractivity contribution in [3.05, 3.63) is 65.2 Å². The molecule has 36 heavy (non-hydrogen) atoms. The summed E-state index contributed by atoms with van der Waals surface area (Å²) < 4.78 is 75.4. The maximum absolute atomic E-state index is 14.8. The largest absolute Gasteiger partial charge is 0.573 e. The number of hydrogen-bond acceptors (Lipinski definition) is 2. The summed E-state index contributed by atoms with van der Waals surface area (Å²) in [6.07, 6.45) is 3.05. The molecule has 2 aromatic rings. The van der Waals surface area contributed by atoms with E-state index in [0.29, 0.717) is 11.5 Å². The molecule has 1 aliphatic carbocycles. The quantitative estimate of drug-likeness (QED) is 0.208. The van der Waals surface area contributed by atoms with Crippen LogP contribution in [0.15, 0.2) is 48.5 Å². The molecule has 0 aromatic heterocycles. The average molecular weight is 513 g/mol. The van der Waals surface area contributed by atoms with Gasteiger partial charge in [-0.2, -0.15) is 8.78 Å². The molecule has 0 saturated heterocycles.